The Bertz CT molecular complexity index is 959. The molecule has 1 amide bonds. The monoisotopic (exact) mass is 375 g/mol. The van der Waals surface area contributed by atoms with Gasteiger partial charge in [0.25, 0.3) is 5.91 Å². The second-order valence-corrected chi connectivity index (χ2v) is 7.44. The van der Waals surface area contributed by atoms with Crippen LogP contribution in [0, 0.1) is 5.92 Å². The van der Waals surface area contributed by atoms with E-state index in [1.165, 1.54) is 0 Å². The fraction of sp³-hybridized carbons (Fsp3) is 0.333. The average Bonchev–Trinajstić information content (AvgIpc) is 3.06. The number of benzene rings is 1. The number of anilines is 1. The number of hydrogen-bond acceptors (Lipinski definition) is 6. The maximum absolute atomic E-state index is 13.4. The van der Waals surface area contributed by atoms with Crippen molar-refractivity contribution >= 4 is 11.9 Å². The van der Waals surface area contributed by atoms with Gasteiger partial charge in [0, 0.05) is 43.6 Å². The molecule has 142 valence electrons. The maximum Gasteiger partial charge on any atom is 0.259 e. The molecule has 1 aromatic carbocycles. The Labute approximate surface area is 163 Å². The number of carbonyl (C=O) groups excluding carboxylic acids is 1. The van der Waals surface area contributed by atoms with Crippen molar-refractivity contribution in [2.45, 2.75) is 18.9 Å². The number of carbonyl (C=O) groups is 1. The first-order valence-corrected chi connectivity index (χ1v) is 9.62. The first kappa shape index (κ1) is 16.9. The number of hydrogen-bond donors (Lipinski definition) is 0. The van der Waals surface area contributed by atoms with Crippen LogP contribution in [0.1, 0.15) is 23.2 Å². The molecule has 2 atom stereocenters. The van der Waals surface area contributed by atoms with Gasteiger partial charge < -0.3 is 14.3 Å². The Morgan fingerprint density at radius 1 is 1.00 bits per heavy atom. The SMILES string of the molecule is O=C(c1cnoc1-c1ccccc1)N1C[C@H]2CC[C@@H]1CN(c1ncccn1)C2. The van der Waals surface area contributed by atoms with Gasteiger partial charge in [-0.15, -0.1) is 0 Å². The predicted octanol–water partition coefficient (Wildman–Crippen LogP) is 2.87. The van der Waals surface area contributed by atoms with E-state index in [-0.39, 0.29) is 11.9 Å². The molecule has 0 spiro atoms. The van der Waals surface area contributed by atoms with Crippen molar-refractivity contribution in [2.24, 2.45) is 5.92 Å². The third kappa shape index (κ3) is 3.02. The van der Waals surface area contributed by atoms with Crippen molar-refractivity contribution in [2.75, 3.05) is 24.5 Å². The average molecular weight is 375 g/mol. The lowest BCUT2D eigenvalue weighted by Crippen LogP contribution is -2.47. The van der Waals surface area contributed by atoms with E-state index in [2.05, 4.69) is 20.0 Å². The van der Waals surface area contributed by atoms with Crippen LogP contribution in [-0.4, -0.2) is 51.6 Å². The molecule has 7 nitrogen and oxygen atoms in total. The number of fused-ring (bicyclic) bond motifs is 4. The predicted molar refractivity (Wildman–Crippen MR) is 104 cm³/mol. The maximum atomic E-state index is 13.4. The van der Waals surface area contributed by atoms with Crippen LogP contribution < -0.4 is 4.90 Å². The van der Waals surface area contributed by atoms with Crippen LogP contribution in [-0.2, 0) is 0 Å². The molecule has 7 heteroatoms. The van der Waals surface area contributed by atoms with Crippen molar-refractivity contribution < 1.29 is 9.32 Å². The summed E-state index contributed by atoms with van der Waals surface area (Å²) < 4.78 is 5.44. The molecule has 0 radical (unpaired) electrons. The molecule has 3 saturated heterocycles. The summed E-state index contributed by atoms with van der Waals surface area (Å²) in [5.74, 6) is 1.68. The summed E-state index contributed by atoms with van der Waals surface area (Å²) in [5.41, 5.74) is 1.39. The summed E-state index contributed by atoms with van der Waals surface area (Å²) in [6.07, 6.45) is 7.18. The number of piperidine rings is 1. The molecule has 3 aromatic rings. The number of nitrogens with zero attached hydrogens (tertiary/aromatic N) is 5. The van der Waals surface area contributed by atoms with E-state index < -0.39 is 0 Å². The van der Waals surface area contributed by atoms with E-state index in [1.807, 2.05) is 41.3 Å². The largest absolute Gasteiger partial charge is 0.355 e. The molecule has 5 heterocycles. The Morgan fingerprint density at radius 3 is 2.64 bits per heavy atom. The zero-order valence-electron chi connectivity index (χ0n) is 15.4. The van der Waals surface area contributed by atoms with Crippen molar-refractivity contribution in [3.05, 3.63) is 60.6 Å². The van der Waals surface area contributed by atoms with Gasteiger partial charge in [0.05, 0.1) is 6.20 Å². The van der Waals surface area contributed by atoms with E-state index >= 15 is 0 Å². The van der Waals surface area contributed by atoms with Crippen LogP contribution in [0.4, 0.5) is 5.95 Å². The summed E-state index contributed by atoms with van der Waals surface area (Å²) in [7, 11) is 0. The third-order valence-corrected chi connectivity index (χ3v) is 5.65. The first-order chi connectivity index (χ1) is 13.8. The molecule has 3 aliphatic heterocycles. The Balaban J connectivity index is 1.42. The summed E-state index contributed by atoms with van der Waals surface area (Å²) in [4.78, 5) is 26.4. The first-order valence-electron chi connectivity index (χ1n) is 9.62. The van der Waals surface area contributed by atoms with Crippen LogP contribution in [0.5, 0.6) is 0 Å². The Kier molecular flexibility index (Phi) is 4.27. The summed E-state index contributed by atoms with van der Waals surface area (Å²) in [6, 6.07) is 11.6. The second-order valence-electron chi connectivity index (χ2n) is 7.44. The van der Waals surface area contributed by atoms with Gasteiger partial charge in [0.2, 0.25) is 5.95 Å². The summed E-state index contributed by atoms with van der Waals surface area (Å²) >= 11 is 0. The zero-order valence-corrected chi connectivity index (χ0v) is 15.4. The molecule has 0 unspecified atom stereocenters. The van der Waals surface area contributed by atoms with Gasteiger partial charge >= 0.3 is 0 Å². The number of rotatable bonds is 3. The Morgan fingerprint density at radius 2 is 1.82 bits per heavy atom. The van der Waals surface area contributed by atoms with Gasteiger partial charge in [0.1, 0.15) is 5.56 Å². The van der Waals surface area contributed by atoms with Gasteiger partial charge in [-0.2, -0.15) is 0 Å². The van der Waals surface area contributed by atoms with E-state index in [9.17, 15) is 4.79 Å². The summed E-state index contributed by atoms with van der Waals surface area (Å²) in [6.45, 7) is 2.36. The van der Waals surface area contributed by atoms with Gasteiger partial charge in [-0.05, 0) is 24.8 Å². The van der Waals surface area contributed by atoms with Crippen LogP contribution in [0.25, 0.3) is 11.3 Å². The Hall–Kier alpha value is -3.22. The van der Waals surface area contributed by atoms with Gasteiger partial charge in [-0.1, -0.05) is 35.5 Å². The van der Waals surface area contributed by atoms with E-state index in [1.54, 1.807) is 18.6 Å². The fourth-order valence-corrected chi connectivity index (χ4v) is 4.29. The minimum Gasteiger partial charge on any atom is -0.355 e. The molecule has 0 saturated carbocycles. The smallest absolute Gasteiger partial charge is 0.259 e. The van der Waals surface area contributed by atoms with Crippen LogP contribution in [0.15, 0.2) is 59.5 Å². The molecule has 0 N–H and O–H groups in total. The van der Waals surface area contributed by atoms with Crippen molar-refractivity contribution in [3.8, 4) is 11.3 Å². The number of amides is 1. The normalized spacial score (nSPS) is 21.6. The van der Waals surface area contributed by atoms with Crippen molar-refractivity contribution in [3.63, 3.8) is 0 Å². The van der Waals surface area contributed by atoms with Crippen LogP contribution >= 0.6 is 0 Å². The molecule has 2 aromatic heterocycles. The van der Waals surface area contributed by atoms with Crippen molar-refractivity contribution in [1.82, 2.24) is 20.0 Å². The van der Waals surface area contributed by atoms with E-state index in [0.29, 0.717) is 17.2 Å². The molecule has 3 fully saturated rings. The number of aromatic nitrogens is 3. The second kappa shape index (κ2) is 7.07. The van der Waals surface area contributed by atoms with Crippen LogP contribution in [0.2, 0.25) is 0 Å². The topological polar surface area (TPSA) is 75.4 Å². The molecular formula is C21H21N5O2. The van der Waals surface area contributed by atoms with E-state index in [0.717, 1.165) is 44.0 Å². The van der Waals surface area contributed by atoms with Crippen LogP contribution in [0.3, 0.4) is 0 Å². The van der Waals surface area contributed by atoms with Gasteiger partial charge in [-0.25, -0.2) is 9.97 Å². The quantitative estimate of drug-likeness (QED) is 0.701. The van der Waals surface area contributed by atoms with Gasteiger partial charge in [0.15, 0.2) is 5.76 Å². The lowest BCUT2D eigenvalue weighted by Gasteiger charge is -2.35. The highest BCUT2D eigenvalue weighted by atomic mass is 16.5. The third-order valence-electron chi connectivity index (χ3n) is 5.65. The minimum atomic E-state index is -0.00867. The molecule has 2 bridgehead atoms. The van der Waals surface area contributed by atoms with Gasteiger partial charge in [-0.3, -0.25) is 4.79 Å². The standard InChI is InChI=1S/C21H21N5O2/c27-20(18-11-24-28-19(18)16-5-2-1-3-6-16)26-13-15-7-8-17(26)14-25(12-15)21-22-9-4-10-23-21/h1-6,9-11,15,17H,7-8,12-14H2/t15-,17+/m0/s1. The fourth-order valence-electron chi connectivity index (χ4n) is 4.29. The molecule has 28 heavy (non-hydrogen) atoms. The molecule has 3 aliphatic rings. The highest BCUT2D eigenvalue weighted by Crippen LogP contribution is 2.32. The lowest BCUT2D eigenvalue weighted by atomic mass is 9.94. The highest BCUT2D eigenvalue weighted by Gasteiger charge is 2.39. The van der Waals surface area contributed by atoms with Crippen molar-refractivity contribution in [1.29, 1.82) is 0 Å². The highest BCUT2D eigenvalue weighted by molar-refractivity contribution is 5.99. The zero-order chi connectivity index (χ0) is 18.9. The summed E-state index contributed by atoms with van der Waals surface area (Å²) in [5, 5.41) is 3.91. The molecular weight excluding hydrogens is 354 g/mol. The van der Waals surface area contributed by atoms with E-state index in [4.69, 9.17) is 4.52 Å². The molecule has 0 aliphatic carbocycles. The lowest BCUT2D eigenvalue weighted by molar-refractivity contribution is 0.0592. The molecule has 6 rings (SSSR count). The minimum absolute atomic E-state index is 0.00867.